The fourth-order valence-corrected chi connectivity index (χ4v) is 3.07. The minimum absolute atomic E-state index is 0.00696. The summed E-state index contributed by atoms with van der Waals surface area (Å²) < 4.78 is 17.2. The Bertz CT molecular complexity index is 989. The average molecular weight is 412 g/mol. The second-order valence-corrected chi connectivity index (χ2v) is 8.08. The smallest absolute Gasteiger partial charge is 0.451 e. The van der Waals surface area contributed by atoms with Crippen LogP contribution in [0.15, 0.2) is 24.3 Å². The molecule has 0 fully saturated rings. The van der Waals surface area contributed by atoms with Gasteiger partial charge in [0.1, 0.15) is 17.3 Å². The second kappa shape index (κ2) is 9.04. The fraction of sp³-hybridized carbons (Fsp3) is 0.435. The lowest BCUT2D eigenvalue weighted by molar-refractivity contribution is -0.0619. The van der Waals surface area contributed by atoms with E-state index in [9.17, 15) is 10.1 Å². The van der Waals surface area contributed by atoms with Crippen LogP contribution in [0.3, 0.4) is 0 Å². The van der Waals surface area contributed by atoms with Crippen molar-refractivity contribution in [2.24, 2.45) is 7.05 Å². The van der Waals surface area contributed by atoms with E-state index in [1.54, 1.807) is 18.7 Å². The zero-order chi connectivity index (χ0) is 22.6. The molecule has 1 heterocycles. The number of nitriles is 1. The molecule has 1 aromatic heterocycles. The van der Waals surface area contributed by atoms with E-state index in [1.165, 1.54) is 7.11 Å². The maximum Gasteiger partial charge on any atom is 0.511 e. The van der Waals surface area contributed by atoms with Crippen molar-refractivity contribution in [1.82, 2.24) is 9.78 Å². The van der Waals surface area contributed by atoms with Crippen molar-refractivity contribution in [1.29, 1.82) is 5.26 Å². The largest absolute Gasteiger partial charge is 0.511 e. The number of ether oxygens (including phenoxy) is 3. The highest BCUT2D eigenvalue weighted by Gasteiger charge is 2.24. The predicted octanol–water partition coefficient (Wildman–Crippen LogP) is 4.87. The van der Waals surface area contributed by atoms with E-state index < -0.39 is 12.4 Å². The van der Waals surface area contributed by atoms with E-state index in [1.807, 2.05) is 38.1 Å². The molecule has 0 N–H and O–H groups in total. The van der Waals surface area contributed by atoms with Crippen molar-refractivity contribution in [2.45, 2.75) is 53.2 Å². The van der Waals surface area contributed by atoms with Gasteiger partial charge in [0.2, 0.25) is 6.29 Å². The van der Waals surface area contributed by atoms with E-state index in [2.05, 4.69) is 36.7 Å². The first kappa shape index (κ1) is 23.0. The van der Waals surface area contributed by atoms with Gasteiger partial charge in [0.15, 0.2) is 5.76 Å². The summed E-state index contributed by atoms with van der Waals surface area (Å²) in [5.41, 5.74) is 4.50. The molecule has 0 aliphatic heterocycles. The van der Waals surface area contributed by atoms with Crippen LogP contribution in [0.2, 0.25) is 0 Å². The van der Waals surface area contributed by atoms with Crippen molar-refractivity contribution in [3.63, 3.8) is 0 Å². The van der Waals surface area contributed by atoms with Gasteiger partial charge in [-0.25, -0.2) is 4.79 Å². The first-order chi connectivity index (χ1) is 14.0. The molecular formula is C23H29N3O4. The number of benzene rings is 1. The first-order valence-electron chi connectivity index (χ1n) is 9.66. The number of carbonyl (C=O) groups excluding carboxylic acids is 1. The Morgan fingerprint density at radius 1 is 1.17 bits per heavy atom. The van der Waals surface area contributed by atoms with Gasteiger partial charge in [-0.1, -0.05) is 45.0 Å². The van der Waals surface area contributed by atoms with Gasteiger partial charge in [0.05, 0.1) is 12.8 Å². The summed E-state index contributed by atoms with van der Waals surface area (Å²) in [4.78, 5) is 11.5. The number of nitrogens with zero attached hydrogens (tertiary/aromatic N) is 3. The maximum atomic E-state index is 11.5. The molecule has 0 aliphatic rings. The second-order valence-electron chi connectivity index (χ2n) is 8.08. The molecule has 7 nitrogen and oxygen atoms in total. The lowest BCUT2D eigenvalue weighted by Gasteiger charge is -2.21. The standard InChI is InChI=1S/C23H29N3O4/c1-14-15(2)25-26(7)20(14)21(29-16(3)30-22(27)28-8)19(13-24)17-9-11-18(12-10-17)23(4,5)6/h9-12,16H,1-8H3/b21-19-. The quantitative estimate of drug-likeness (QED) is 0.302. The minimum atomic E-state index is -0.973. The van der Waals surface area contributed by atoms with Gasteiger partial charge in [-0.05, 0) is 30.4 Å². The molecule has 2 aromatic rings. The van der Waals surface area contributed by atoms with Gasteiger partial charge < -0.3 is 14.2 Å². The number of allylic oxidation sites excluding steroid dienone is 1. The van der Waals surface area contributed by atoms with Crippen LogP contribution in [0.5, 0.6) is 0 Å². The van der Waals surface area contributed by atoms with Crippen molar-refractivity contribution < 1.29 is 19.0 Å². The zero-order valence-electron chi connectivity index (χ0n) is 18.9. The summed E-state index contributed by atoms with van der Waals surface area (Å²) in [5.74, 6) is 0.290. The molecule has 0 amide bonds. The predicted molar refractivity (Wildman–Crippen MR) is 114 cm³/mol. The number of aryl methyl sites for hydroxylation is 2. The van der Waals surface area contributed by atoms with E-state index in [0.29, 0.717) is 16.8 Å². The molecule has 1 atom stereocenters. The van der Waals surface area contributed by atoms with Gasteiger partial charge in [-0.2, -0.15) is 10.4 Å². The van der Waals surface area contributed by atoms with E-state index >= 15 is 0 Å². The molecule has 1 unspecified atom stereocenters. The zero-order valence-corrected chi connectivity index (χ0v) is 18.9. The van der Waals surface area contributed by atoms with Crippen molar-refractivity contribution >= 4 is 17.5 Å². The maximum absolute atomic E-state index is 11.5. The van der Waals surface area contributed by atoms with Gasteiger partial charge in [-0.3, -0.25) is 4.68 Å². The number of rotatable bonds is 5. The lowest BCUT2D eigenvalue weighted by atomic mass is 9.86. The number of aromatic nitrogens is 2. The Balaban J connectivity index is 2.63. The third-order valence-electron chi connectivity index (χ3n) is 4.83. The summed E-state index contributed by atoms with van der Waals surface area (Å²) in [6.45, 7) is 11.7. The minimum Gasteiger partial charge on any atom is -0.451 e. The third-order valence-corrected chi connectivity index (χ3v) is 4.83. The van der Waals surface area contributed by atoms with Crippen LogP contribution in [0.4, 0.5) is 4.79 Å². The van der Waals surface area contributed by atoms with Crippen LogP contribution in [-0.2, 0) is 26.7 Å². The summed E-state index contributed by atoms with van der Waals surface area (Å²) in [5, 5.41) is 14.5. The monoisotopic (exact) mass is 411 g/mol. The molecular weight excluding hydrogens is 382 g/mol. The summed E-state index contributed by atoms with van der Waals surface area (Å²) in [6.07, 6.45) is -1.84. The molecule has 0 saturated carbocycles. The third kappa shape index (κ3) is 5.01. The van der Waals surface area contributed by atoms with Crippen LogP contribution < -0.4 is 0 Å². The average Bonchev–Trinajstić information content (AvgIpc) is 2.92. The van der Waals surface area contributed by atoms with Gasteiger partial charge in [0, 0.05) is 19.5 Å². The number of carbonyl (C=O) groups is 1. The molecule has 0 bridgehead atoms. The molecule has 0 aliphatic carbocycles. The molecule has 0 radical (unpaired) electrons. The Morgan fingerprint density at radius 2 is 1.77 bits per heavy atom. The van der Waals surface area contributed by atoms with Crippen LogP contribution in [0.25, 0.3) is 11.3 Å². The van der Waals surface area contributed by atoms with E-state index in [4.69, 9.17) is 9.47 Å². The molecule has 160 valence electrons. The number of methoxy groups -OCH3 is 1. The number of hydrogen-bond donors (Lipinski definition) is 0. The molecule has 7 heteroatoms. The van der Waals surface area contributed by atoms with Crippen LogP contribution in [0.1, 0.15) is 55.8 Å². The summed E-state index contributed by atoms with van der Waals surface area (Å²) in [6, 6.07) is 10.0. The van der Waals surface area contributed by atoms with E-state index in [0.717, 1.165) is 16.8 Å². The highest BCUT2D eigenvalue weighted by molar-refractivity contribution is 5.94. The molecule has 1 aromatic carbocycles. The first-order valence-corrected chi connectivity index (χ1v) is 9.66. The van der Waals surface area contributed by atoms with Crippen molar-refractivity contribution in [3.8, 4) is 6.07 Å². The molecule has 30 heavy (non-hydrogen) atoms. The Morgan fingerprint density at radius 3 is 2.20 bits per heavy atom. The van der Waals surface area contributed by atoms with Gasteiger partial charge >= 0.3 is 6.16 Å². The van der Waals surface area contributed by atoms with Crippen LogP contribution in [-0.4, -0.2) is 29.3 Å². The van der Waals surface area contributed by atoms with Crippen molar-refractivity contribution in [2.75, 3.05) is 7.11 Å². The lowest BCUT2D eigenvalue weighted by Crippen LogP contribution is -2.19. The van der Waals surface area contributed by atoms with Gasteiger partial charge in [-0.15, -0.1) is 0 Å². The Kier molecular flexibility index (Phi) is 6.93. The van der Waals surface area contributed by atoms with Gasteiger partial charge in [0.25, 0.3) is 0 Å². The van der Waals surface area contributed by atoms with Crippen LogP contribution >= 0.6 is 0 Å². The molecule has 0 saturated heterocycles. The highest BCUT2D eigenvalue weighted by atomic mass is 16.8. The number of hydrogen-bond acceptors (Lipinski definition) is 6. The fourth-order valence-electron chi connectivity index (χ4n) is 3.07. The topological polar surface area (TPSA) is 86.4 Å². The molecule has 2 rings (SSSR count). The van der Waals surface area contributed by atoms with Crippen molar-refractivity contribution in [3.05, 3.63) is 52.3 Å². The Hall–Kier alpha value is -3.27. The van der Waals surface area contributed by atoms with Crippen LogP contribution in [0, 0.1) is 25.2 Å². The highest BCUT2D eigenvalue weighted by Crippen LogP contribution is 2.32. The summed E-state index contributed by atoms with van der Waals surface area (Å²) >= 11 is 0. The summed E-state index contributed by atoms with van der Waals surface area (Å²) in [7, 11) is 3.00. The Labute approximate surface area is 177 Å². The normalized spacial score (nSPS) is 13.2. The SMILES string of the molecule is COC(=O)OC(C)O/C(=C(/C#N)c1ccc(C(C)(C)C)cc1)c1c(C)c(C)nn1C. The molecule has 0 spiro atoms. The van der Waals surface area contributed by atoms with E-state index in [-0.39, 0.29) is 11.2 Å².